The Balaban J connectivity index is 1.04. The molecular weight excluding hydrogens is 985 g/mol. The van der Waals surface area contributed by atoms with Crippen molar-refractivity contribution >= 4 is 21.5 Å². The molecule has 0 saturated carbocycles. The highest BCUT2D eigenvalue weighted by Gasteiger charge is 2.48. The summed E-state index contributed by atoms with van der Waals surface area (Å²) in [6.07, 6.45) is 0. The molecule has 4 aliphatic rings. The minimum atomic E-state index is -0.559. The highest BCUT2D eigenvalue weighted by Crippen LogP contribution is 2.62. The summed E-state index contributed by atoms with van der Waals surface area (Å²) in [5.74, 6) is 0. The molecule has 82 heavy (non-hydrogen) atoms. The first-order valence-corrected chi connectivity index (χ1v) is 29.2. The predicted octanol–water partition coefficient (Wildman–Crippen LogP) is 20.7. The Morgan fingerprint density at radius 3 is 0.805 bits per heavy atom. The maximum atomic E-state index is 2.63. The van der Waals surface area contributed by atoms with E-state index >= 15 is 0 Å². The molecule has 0 radical (unpaired) electrons. The van der Waals surface area contributed by atoms with Gasteiger partial charge in [0.15, 0.2) is 0 Å². The van der Waals surface area contributed by atoms with Crippen LogP contribution in [0.1, 0.15) is 94.5 Å². The lowest BCUT2D eigenvalue weighted by atomic mass is 9.67. The molecule has 0 aromatic heterocycles. The fraction of sp³-hybridized carbons (Fsp3) is 0.0976. The molecule has 0 nitrogen and oxygen atoms in total. The topological polar surface area (TPSA) is 0 Å². The second-order valence-electron chi connectivity index (χ2n) is 24.6. The van der Waals surface area contributed by atoms with E-state index in [9.17, 15) is 0 Å². The van der Waals surface area contributed by atoms with Crippen molar-refractivity contribution in [2.45, 2.75) is 49.4 Å². The lowest BCUT2D eigenvalue weighted by Crippen LogP contribution is -2.28. The molecule has 13 aromatic carbocycles. The van der Waals surface area contributed by atoms with Crippen LogP contribution in [0.5, 0.6) is 0 Å². The molecule has 0 N–H and O–H groups in total. The first-order valence-electron chi connectivity index (χ1n) is 29.2. The van der Waals surface area contributed by atoms with Crippen LogP contribution in [0, 0.1) is 0 Å². The molecule has 0 atom stereocenters. The van der Waals surface area contributed by atoms with Crippen LogP contribution in [0.25, 0.3) is 88.3 Å². The van der Waals surface area contributed by atoms with Gasteiger partial charge in [0.2, 0.25) is 0 Å². The Hall–Kier alpha value is -9.62. The molecule has 0 saturated heterocycles. The number of fused-ring (bicyclic) bond motifs is 14. The minimum Gasteiger partial charge on any atom is -0.0622 e. The van der Waals surface area contributed by atoms with E-state index in [2.05, 4.69) is 307 Å². The zero-order chi connectivity index (χ0) is 54.7. The normalized spacial score (nSPS) is 15.5. The lowest BCUT2D eigenvalue weighted by molar-refractivity contribution is 0.661. The van der Waals surface area contributed by atoms with Gasteiger partial charge in [-0.15, -0.1) is 0 Å². The largest absolute Gasteiger partial charge is 0.0713 e. The van der Waals surface area contributed by atoms with Gasteiger partial charge in [-0.25, -0.2) is 0 Å². The van der Waals surface area contributed by atoms with Crippen LogP contribution >= 0.6 is 0 Å². The second kappa shape index (κ2) is 17.0. The first-order chi connectivity index (χ1) is 40.2. The van der Waals surface area contributed by atoms with E-state index in [4.69, 9.17) is 0 Å². The molecule has 0 bridgehead atoms. The summed E-state index contributed by atoms with van der Waals surface area (Å²) < 4.78 is 0. The van der Waals surface area contributed by atoms with Crippen LogP contribution < -0.4 is 0 Å². The third kappa shape index (κ3) is 6.06. The summed E-state index contributed by atoms with van der Waals surface area (Å²) in [5.41, 5.74) is 29.7. The van der Waals surface area contributed by atoms with Crippen LogP contribution in [0.2, 0.25) is 0 Å². The fourth-order valence-electron chi connectivity index (χ4n) is 16.4. The molecule has 0 amide bonds. The standard InChI is InChI=1S/C82H58/c1-79(2)69-37-21-17-35-59(69)63-47-65-67(49-73(63)79)78(52-42-44-62-58-34-20-24-40-72(58)82(76(62)46-52,55-29-13-7-14-30-55)56-31-15-8-16-32-56)68-50-74-64(60-36-18-22-38-70(60)80(74,3)4)48-66(68)77(65)51-41-43-61-57-33-19-23-39-71(57)81(75(61)45-51,53-25-9-5-10-26-53)54-27-11-6-12-28-54/h5-50H,1-4H3. The van der Waals surface area contributed by atoms with E-state index < -0.39 is 10.8 Å². The predicted molar refractivity (Wildman–Crippen MR) is 342 cm³/mol. The Labute approximate surface area is 480 Å². The molecule has 0 aliphatic heterocycles. The van der Waals surface area contributed by atoms with Crippen molar-refractivity contribution in [3.8, 4) is 66.8 Å². The molecule has 0 fully saturated rings. The maximum Gasteiger partial charge on any atom is 0.0713 e. The Morgan fingerprint density at radius 2 is 0.463 bits per heavy atom. The van der Waals surface area contributed by atoms with E-state index in [-0.39, 0.29) is 10.8 Å². The first kappa shape index (κ1) is 47.2. The molecule has 4 aliphatic carbocycles. The van der Waals surface area contributed by atoms with Gasteiger partial charge in [-0.05, 0) is 191 Å². The number of hydrogen-bond acceptors (Lipinski definition) is 0. The van der Waals surface area contributed by atoms with Crippen molar-refractivity contribution in [3.63, 3.8) is 0 Å². The van der Waals surface area contributed by atoms with E-state index in [1.165, 1.54) is 155 Å². The van der Waals surface area contributed by atoms with Crippen molar-refractivity contribution in [1.82, 2.24) is 0 Å². The number of rotatable bonds is 6. The second-order valence-corrected chi connectivity index (χ2v) is 24.6. The fourth-order valence-corrected chi connectivity index (χ4v) is 16.4. The Morgan fingerprint density at radius 1 is 0.195 bits per heavy atom. The van der Waals surface area contributed by atoms with Gasteiger partial charge in [0.25, 0.3) is 0 Å². The average Bonchev–Trinajstić information content (AvgIpc) is 3.09. The summed E-state index contributed by atoms with van der Waals surface area (Å²) >= 11 is 0. The third-order valence-electron chi connectivity index (χ3n) is 20.0. The average molecular weight is 1040 g/mol. The van der Waals surface area contributed by atoms with E-state index in [0.717, 1.165) is 0 Å². The van der Waals surface area contributed by atoms with Gasteiger partial charge in [0.05, 0.1) is 10.8 Å². The van der Waals surface area contributed by atoms with Gasteiger partial charge in [0, 0.05) is 10.8 Å². The number of benzene rings is 13. The molecule has 0 heteroatoms. The van der Waals surface area contributed by atoms with Gasteiger partial charge < -0.3 is 0 Å². The van der Waals surface area contributed by atoms with Crippen LogP contribution in [0.3, 0.4) is 0 Å². The van der Waals surface area contributed by atoms with Gasteiger partial charge in [0.1, 0.15) is 0 Å². The zero-order valence-corrected chi connectivity index (χ0v) is 46.6. The number of hydrogen-bond donors (Lipinski definition) is 0. The summed E-state index contributed by atoms with van der Waals surface area (Å²) in [6, 6.07) is 107. The van der Waals surface area contributed by atoms with Gasteiger partial charge >= 0.3 is 0 Å². The van der Waals surface area contributed by atoms with Crippen LogP contribution in [-0.2, 0) is 21.7 Å². The van der Waals surface area contributed by atoms with Crippen molar-refractivity contribution in [3.05, 3.63) is 346 Å². The molecule has 0 heterocycles. The van der Waals surface area contributed by atoms with Crippen molar-refractivity contribution in [2.24, 2.45) is 0 Å². The van der Waals surface area contributed by atoms with Gasteiger partial charge in [-0.1, -0.05) is 270 Å². The monoisotopic (exact) mass is 1040 g/mol. The Bertz CT molecular complexity index is 4620. The van der Waals surface area contributed by atoms with E-state index in [1.54, 1.807) is 0 Å². The Kier molecular flexibility index (Phi) is 9.77. The molecule has 386 valence electrons. The maximum absolute atomic E-state index is 2.63. The van der Waals surface area contributed by atoms with E-state index in [1.807, 2.05) is 0 Å². The smallest absolute Gasteiger partial charge is 0.0622 e. The highest BCUT2D eigenvalue weighted by molar-refractivity contribution is 6.24. The molecular formula is C82H58. The van der Waals surface area contributed by atoms with Crippen molar-refractivity contribution < 1.29 is 0 Å². The van der Waals surface area contributed by atoms with Gasteiger partial charge in [-0.2, -0.15) is 0 Å². The van der Waals surface area contributed by atoms with Crippen molar-refractivity contribution in [1.29, 1.82) is 0 Å². The molecule has 13 aromatic rings. The summed E-state index contributed by atoms with van der Waals surface area (Å²) in [6.45, 7) is 9.74. The summed E-state index contributed by atoms with van der Waals surface area (Å²) in [5, 5.41) is 5.08. The summed E-state index contributed by atoms with van der Waals surface area (Å²) in [7, 11) is 0. The zero-order valence-electron chi connectivity index (χ0n) is 46.6. The molecule has 17 rings (SSSR count). The van der Waals surface area contributed by atoms with Crippen LogP contribution in [-0.4, -0.2) is 0 Å². The molecule has 0 unspecified atom stereocenters. The van der Waals surface area contributed by atoms with Gasteiger partial charge in [-0.3, -0.25) is 0 Å². The van der Waals surface area contributed by atoms with Crippen LogP contribution in [0.4, 0.5) is 0 Å². The minimum absolute atomic E-state index is 0.228. The van der Waals surface area contributed by atoms with E-state index in [0.29, 0.717) is 0 Å². The summed E-state index contributed by atoms with van der Waals surface area (Å²) in [4.78, 5) is 0. The van der Waals surface area contributed by atoms with Crippen LogP contribution in [0.15, 0.2) is 279 Å². The molecule has 0 spiro atoms. The van der Waals surface area contributed by atoms with Crippen molar-refractivity contribution in [2.75, 3.05) is 0 Å². The third-order valence-corrected chi connectivity index (χ3v) is 20.0. The lowest BCUT2D eigenvalue weighted by Gasteiger charge is -2.34. The SMILES string of the molecule is CC1(C)c2ccccc2-c2cc3c(-c4ccc5c(c4)C(c4ccccc4)(c4ccccc4)c4ccccc4-5)c4cc5c(cc4c(-c4ccc6c(c4)C(c4ccccc4)(c4ccccc4)c4ccccc4-6)c3cc21)C(C)(C)c1ccccc1-5. The quantitative estimate of drug-likeness (QED) is 0.146. The highest BCUT2D eigenvalue weighted by atomic mass is 14.5.